The SMILES string of the molecule is Cl.Cl.O=C(CC1CSCCN1)N1CCN(Cc2ccccc2)CC1. The molecule has 1 atom stereocenters. The lowest BCUT2D eigenvalue weighted by Crippen LogP contribution is -2.50. The van der Waals surface area contributed by atoms with Gasteiger partial charge in [0.05, 0.1) is 0 Å². The van der Waals surface area contributed by atoms with Gasteiger partial charge in [0.15, 0.2) is 0 Å². The Morgan fingerprint density at radius 1 is 1.12 bits per heavy atom. The first-order chi connectivity index (χ1) is 10.8. The van der Waals surface area contributed by atoms with E-state index < -0.39 is 0 Å². The van der Waals surface area contributed by atoms with Crippen molar-refractivity contribution in [3.63, 3.8) is 0 Å². The van der Waals surface area contributed by atoms with Crippen molar-refractivity contribution in [1.82, 2.24) is 15.1 Å². The molecule has 1 N–H and O–H groups in total. The van der Waals surface area contributed by atoms with E-state index in [4.69, 9.17) is 0 Å². The third-order valence-electron chi connectivity index (χ3n) is 4.39. The Bertz CT molecular complexity index is 478. The predicted molar refractivity (Wildman–Crippen MR) is 107 cm³/mol. The number of thioether (sulfide) groups is 1. The van der Waals surface area contributed by atoms with E-state index in [1.807, 2.05) is 16.7 Å². The minimum atomic E-state index is 0. The summed E-state index contributed by atoms with van der Waals surface area (Å²) in [7, 11) is 0. The lowest BCUT2D eigenvalue weighted by atomic mass is 10.1. The predicted octanol–water partition coefficient (Wildman–Crippen LogP) is 2.27. The van der Waals surface area contributed by atoms with Crippen molar-refractivity contribution in [2.45, 2.75) is 19.0 Å². The Morgan fingerprint density at radius 2 is 1.83 bits per heavy atom. The maximum absolute atomic E-state index is 12.4. The van der Waals surface area contributed by atoms with E-state index in [1.54, 1.807) is 0 Å². The van der Waals surface area contributed by atoms with E-state index >= 15 is 0 Å². The molecule has 2 aliphatic rings. The van der Waals surface area contributed by atoms with Crippen LogP contribution >= 0.6 is 36.6 Å². The highest BCUT2D eigenvalue weighted by atomic mass is 35.5. The van der Waals surface area contributed by atoms with Gasteiger partial charge in [-0.2, -0.15) is 11.8 Å². The summed E-state index contributed by atoms with van der Waals surface area (Å²) >= 11 is 1.95. The molecule has 0 aromatic heterocycles. The van der Waals surface area contributed by atoms with Crippen LogP contribution in [0.15, 0.2) is 30.3 Å². The molecule has 136 valence electrons. The Kier molecular flexibility index (Phi) is 10.1. The van der Waals surface area contributed by atoms with Crippen molar-refractivity contribution in [1.29, 1.82) is 0 Å². The second-order valence-corrected chi connectivity index (χ2v) is 7.22. The van der Waals surface area contributed by atoms with Crippen LogP contribution in [0, 0.1) is 0 Å². The maximum Gasteiger partial charge on any atom is 0.224 e. The van der Waals surface area contributed by atoms with Gasteiger partial charge < -0.3 is 10.2 Å². The second kappa shape index (κ2) is 11.2. The number of nitrogens with zero attached hydrogens (tertiary/aromatic N) is 2. The lowest BCUT2D eigenvalue weighted by Gasteiger charge is -2.35. The Labute approximate surface area is 161 Å². The smallest absolute Gasteiger partial charge is 0.224 e. The zero-order valence-corrected chi connectivity index (χ0v) is 16.3. The molecule has 0 bridgehead atoms. The molecule has 1 aromatic rings. The lowest BCUT2D eigenvalue weighted by molar-refractivity contribution is -0.133. The van der Waals surface area contributed by atoms with Crippen LogP contribution < -0.4 is 5.32 Å². The van der Waals surface area contributed by atoms with E-state index in [-0.39, 0.29) is 24.8 Å². The normalized spacial score (nSPS) is 21.5. The fourth-order valence-corrected chi connectivity index (χ4v) is 4.04. The molecule has 0 radical (unpaired) electrons. The maximum atomic E-state index is 12.4. The zero-order valence-electron chi connectivity index (χ0n) is 13.9. The first-order valence-electron chi connectivity index (χ1n) is 8.16. The van der Waals surface area contributed by atoms with Gasteiger partial charge in [0.25, 0.3) is 0 Å². The van der Waals surface area contributed by atoms with Crippen molar-refractivity contribution in [2.24, 2.45) is 0 Å². The Balaban J connectivity index is 0.00000144. The summed E-state index contributed by atoms with van der Waals surface area (Å²) in [6.07, 6.45) is 0.658. The molecule has 1 amide bonds. The van der Waals surface area contributed by atoms with Crippen LogP contribution in [-0.2, 0) is 11.3 Å². The highest BCUT2D eigenvalue weighted by molar-refractivity contribution is 7.99. The van der Waals surface area contributed by atoms with Crippen LogP contribution in [-0.4, -0.2) is 66.0 Å². The van der Waals surface area contributed by atoms with Crippen LogP contribution in [0.25, 0.3) is 0 Å². The summed E-state index contributed by atoms with van der Waals surface area (Å²) in [5.41, 5.74) is 1.35. The van der Waals surface area contributed by atoms with E-state index in [9.17, 15) is 4.79 Å². The largest absolute Gasteiger partial charge is 0.340 e. The van der Waals surface area contributed by atoms with Crippen LogP contribution in [0.4, 0.5) is 0 Å². The molecule has 2 fully saturated rings. The van der Waals surface area contributed by atoms with E-state index in [0.29, 0.717) is 18.4 Å². The second-order valence-electron chi connectivity index (χ2n) is 6.07. The van der Waals surface area contributed by atoms with Crippen LogP contribution in [0.2, 0.25) is 0 Å². The van der Waals surface area contributed by atoms with Gasteiger partial charge in [-0.15, -0.1) is 24.8 Å². The van der Waals surface area contributed by atoms with Crippen LogP contribution in [0.1, 0.15) is 12.0 Å². The number of benzene rings is 1. The summed E-state index contributed by atoms with van der Waals surface area (Å²) in [4.78, 5) is 16.9. The summed E-state index contributed by atoms with van der Waals surface area (Å²) in [6, 6.07) is 10.9. The number of piperazine rings is 1. The molecular formula is C17H27Cl2N3OS. The average molecular weight is 392 g/mol. The molecule has 0 aliphatic carbocycles. The average Bonchev–Trinajstić information content (AvgIpc) is 2.57. The van der Waals surface area contributed by atoms with Crippen LogP contribution in [0.5, 0.6) is 0 Å². The number of carbonyl (C=O) groups excluding carboxylic acids is 1. The summed E-state index contributed by atoms with van der Waals surface area (Å²) in [5.74, 6) is 2.56. The van der Waals surface area contributed by atoms with Crippen molar-refractivity contribution >= 4 is 42.5 Å². The molecule has 0 saturated carbocycles. The summed E-state index contributed by atoms with van der Waals surface area (Å²) < 4.78 is 0. The Hall–Kier alpha value is -0.460. The Morgan fingerprint density at radius 3 is 2.46 bits per heavy atom. The van der Waals surface area contributed by atoms with Gasteiger partial charge in [0.2, 0.25) is 5.91 Å². The monoisotopic (exact) mass is 391 g/mol. The highest BCUT2D eigenvalue weighted by Gasteiger charge is 2.24. The number of rotatable bonds is 4. The number of amides is 1. The van der Waals surface area contributed by atoms with Crippen molar-refractivity contribution in [3.8, 4) is 0 Å². The molecule has 1 unspecified atom stereocenters. The number of nitrogens with one attached hydrogen (secondary N) is 1. The van der Waals surface area contributed by atoms with Crippen molar-refractivity contribution in [2.75, 3.05) is 44.2 Å². The first kappa shape index (κ1) is 21.6. The number of hydrogen-bond acceptors (Lipinski definition) is 4. The standard InChI is InChI=1S/C17H25N3OS.2ClH/c21-17(12-16-14-22-11-6-18-16)20-9-7-19(8-10-20)13-15-4-2-1-3-5-15;;/h1-5,16,18H,6-14H2;2*1H. The molecule has 2 heterocycles. The van der Waals surface area contributed by atoms with Gasteiger partial charge in [-0.3, -0.25) is 9.69 Å². The van der Waals surface area contributed by atoms with Gasteiger partial charge in [0, 0.05) is 63.2 Å². The van der Waals surface area contributed by atoms with Crippen LogP contribution in [0.3, 0.4) is 0 Å². The fraction of sp³-hybridized carbons (Fsp3) is 0.588. The van der Waals surface area contributed by atoms with Crippen molar-refractivity contribution < 1.29 is 4.79 Å². The van der Waals surface area contributed by atoms with E-state index in [1.165, 1.54) is 11.3 Å². The molecule has 0 spiro atoms. The first-order valence-corrected chi connectivity index (χ1v) is 9.32. The molecular weight excluding hydrogens is 365 g/mol. The minimum absolute atomic E-state index is 0. The van der Waals surface area contributed by atoms with Gasteiger partial charge in [0.1, 0.15) is 0 Å². The van der Waals surface area contributed by atoms with Gasteiger partial charge in [-0.05, 0) is 5.56 Å². The zero-order chi connectivity index (χ0) is 15.2. The molecule has 24 heavy (non-hydrogen) atoms. The summed E-state index contributed by atoms with van der Waals surface area (Å²) in [6.45, 7) is 5.72. The van der Waals surface area contributed by atoms with E-state index in [0.717, 1.165) is 45.0 Å². The number of hydrogen-bond donors (Lipinski definition) is 1. The molecule has 4 nitrogen and oxygen atoms in total. The molecule has 1 aromatic carbocycles. The molecule has 2 saturated heterocycles. The molecule has 3 rings (SSSR count). The molecule has 7 heteroatoms. The quantitative estimate of drug-likeness (QED) is 0.853. The summed E-state index contributed by atoms with van der Waals surface area (Å²) in [5, 5.41) is 3.45. The van der Waals surface area contributed by atoms with Gasteiger partial charge >= 0.3 is 0 Å². The van der Waals surface area contributed by atoms with Gasteiger partial charge in [-0.25, -0.2) is 0 Å². The third-order valence-corrected chi connectivity index (χ3v) is 5.52. The van der Waals surface area contributed by atoms with Gasteiger partial charge in [-0.1, -0.05) is 30.3 Å². The topological polar surface area (TPSA) is 35.6 Å². The van der Waals surface area contributed by atoms with Crippen molar-refractivity contribution in [3.05, 3.63) is 35.9 Å². The fourth-order valence-electron chi connectivity index (χ4n) is 3.09. The highest BCUT2D eigenvalue weighted by Crippen LogP contribution is 2.13. The number of halogens is 2. The molecule has 2 aliphatic heterocycles. The third kappa shape index (κ3) is 6.45. The number of carbonyl (C=O) groups is 1. The minimum Gasteiger partial charge on any atom is -0.340 e. The van der Waals surface area contributed by atoms with E-state index in [2.05, 4.69) is 40.5 Å².